The SMILES string of the molecule is COC(=O)C1CN(c2cccc(C(N)=S)n2)CC1C. The Bertz CT molecular complexity index is 506. The van der Waals surface area contributed by atoms with E-state index in [1.54, 1.807) is 6.07 Å². The molecule has 19 heavy (non-hydrogen) atoms. The third-order valence-corrected chi connectivity index (χ3v) is 3.64. The maximum absolute atomic E-state index is 11.7. The Hall–Kier alpha value is -1.69. The number of nitrogens with zero attached hydrogens (tertiary/aromatic N) is 2. The smallest absolute Gasteiger partial charge is 0.310 e. The van der Waals surface area contributed by atoms with Crippen LogP contribution in [0.5, 0.6) is 0 Å². The zero-order valence-corrected chi connectivity index (χ0v) is 11.8. The number of hydrogen-bond donors (Lipinski definition) is 1. The number of thiocarbonyl (C=S) groups is 1. The van der Waals surface area contributed by atoms with Gasteiger partial charge in [0.05, 0.1) is 18.7 Å². The summed E-state index contributed by atoms with van der Waals surface area (Å²) in [6.45, 7) is 3.42. The van der Waals surface area contributed by atoms with Crippen LogP contribution < -0.4 is 10.6 Å². The molecule has 2 atom stereocenters. The Morgan fingerprint density at radius 1 is 1.53 bits per heavy atom. The van der Waals surface area contributed by atoms with Gasteiger partial charge in [0.15, 0.2) is 0 Å². The topological polar surface area (TPSA) is 68.5 Å². The second kappa shape index (κ2) is 5.52. The van der Waals surface area contributed by atoms with Crippen molar-refractivity contribution >= 4 is 29.0 Å². The van der Waals surface area contributed by atoms with E-state index in [1.165, 1.54) is 7.11 Å². The van der Waals surface area contributed by atoms with Crippen LogP contribution in [0.25, 0.3) is 0 Å². The average Bonchev–Trinajstić information content (AvgIpc) is 2.80. The standard InChI is InChI=1S/C13H17N3O2S/c1-8-6-16(7-9(8)13(17)18-2)11-5-3-4-10(15-11)12(14)19/h3-5,8-9H,6-7H2,1-2H3,(H2,14,19). The van der Waals surface area contributed by atoms with E-state index in [-0.39, 0.29) is 22.8 Å². The summed E-state index contributed by atoms with van der Waals surface area (Å²) in [4.78, 5) is 18.4. The summed E-state index contributed by atoms with van der Waals surface area (Å²) in [5.41, 5.74) is 6.18. The molecule has 2 heterocycles. The Balaban J connectivity index is 2.18. The summed E-state index contributed by atoms with van der Waals surface area (Å²) in [6.07, 6.45) is 0. The number of esters is 1. The van der Waals surface area contributed by atoms with Gasteiger partial charge in [0.25, 0.3) is 0 Å². The van der Waals surface area contributed by atoms with E-state index < -0.39 is 0 Å². The number of carbonyl (C=O) groups excluding carboxylic acids is 1. The van der Waals surface area contributed by atoms with Crippen LogP contribution in [0.2, 0.25) is 0 Å². The van der Waals surface area contributed by atoms with Crippen molar-refractivity contribution in [2.24, 2.45) is 17.6 Å². The molecular weight excluding hydrogens is 262 g/mol. The minimum atomic E-state index is -0.166. The summed E-state index contributed by atoms with van der Waals surface area (Å²) in [6, 6.07) is 5.55. The third kappa shape index (κ3) is 2.84. The van der Waals surface area contributed by atoms with Gasteiger partial charge in [0.1, 0.15) is 10.8 Å². The lowest BCUT2D eigenvalue weighted by Gasteiger charge is -2.17. The minimum absolute atomic E-state index is 0.111. The summed E-state index contributed by atoms with van der Waals surface area (Å²) < 4.78 is 4.82. The van der Waals surface area contributed by atoms with Crippen LogP contribution in [0, 0.1) is 11.8 Å². The number of anilines is 1. The normalized spacial score (nSPS) is 22.3. The van der Waals surface area contributed by atoms with Crippen molar-refractivity contribution in [3.05, 3.63) is 23.9 Å². The molecule has 0 amide bonds. The molecule has 1 fully saturated rings. The molecule has 0 aliphatic carbocycles. The first kappa shape index (κ1) is 13.7. The number of carbonyl (C=O) groups is 1. The Kier molecular flexibility index (Phi) is 3.99. The minimum Gasteiger partial charge on any atom is -0.469 e. The van der Waals surface area contributed by atoms with Crippen molar-refractivity contribution < 1.29 is 9.53 Å². The molecule has 1 aromatic heterocycles. The highest BCUT2D eigenvalue weighted by Gasteiger charge is 2.36. The molecule has 5 nitrogen and oxygen atoms in total. The summed E-state index contributed by atoms with van der Waals surface area (Å²) in [7, 11) is 1.42. The summed E-state index contributed by atoms with van der Waals surface area (Å²) in [5.74, 6) is 0.757. The van der Waals surface area contributed by atoms with Gasteiger partial charge in [-0.1, -0.05) is 25.2 Å². The number of pyridine rings is 1. The first-order valence-electron chi connectivity index (χ1n) is 6.12. The maximum atomic E-state index is 11.7. The number of rotatable bonds is 3. The van der Waals surface area contributed by atoms with Gasteiger partial charge in [-0.25, -0.2) is 4.98 Å². The molecule has 0 spiro atoms. The average molecular weight is 279 g/mol. The predicted molar refractivity (Wildman–Crippen MR) is 77.0 cm³/mol. The highest BCUT2D eigenvalue weighted by atomic mass is 32.1. The van der Waals surface area contributed by atoms with Gasteiger partial charge in [-0.2, -0.15) is 0 Å². The Morgan fingerprint density at radius 2 is 2.26 bits per heavy atom. The van der Waals surface area contributed by atoms with E-state index in [0.29, 0.717) is 12.2 Å². The van der Waals surface area contributed by atoms with Crippen LogP contribution in [0.15, 0.2) is 18.2 Å². The first-order valence-corrected chi connectivity index (χ1v) is 6.53. The molecule has 2 rings (SSSR count). The van der Waals surface area contributed by atoms with Crippen LogP contribution in [-0.4, -0.2) is 36.1 Å². The lowest BCUT2D eigenvalue weighted by molar-refractivity contribution is -0.145. The maximum Gasteiger partial charge on any atom is 0.310 e. The number of methoxy groups -OCH3 is 1. The number of aromatic nitrogens is 1. The predicted octanol–water partition coefficient (Wildman–Crippen LogP) is 0.961. The van der Waals surface area contributed by atoms with Gasteiger partial charge in [0.2, 0.25) is 0 Å². The molecule has 1 aliphatic rings. The van der Waals surface area contributed by atoms with Crippen molar-refractivity contribution in [2.75, 3.05) is 25.1 Å². The zero-order valence-electron chi connectivity index (χ0n) is 11.0. The Morgan fingerprint density at radius 3 is 2.89 bits per heavy atom. The number of ether oxygens (including phenoxy) is 1. The lowest BCUT2D eigenvalue weighted by atomic mass is 9.99. The second-order valence-corrected chi connectivity index (χ2v) is 5.20. The van der Waals surface area contributed by atoms with E-state index in [9.17, 15) is 4.79 Å². The highest BCUT2D eigenvalue weighted by molar-refractivity contribution is 7.80. The van der Waals surface area contributed by atoms with E-state index in [0.717, 1.165) is 12.4 Å². The van der Waals surface area contributed by atoms with Crippen molar-refractivity contribution in [3.63, 3.8) is 0 Å². The van der Waals surface area contributed by atoms with E-state index >= 15 is 0 Å². The molecule has 0 radical (unpaired) electrons. The number of hydrogen-bond acceptors (Lipinski definition) is 5. The Labute approximate surface area is 117 Å². The van der Waals surface area contributed by atoms with Crippen LogP contribution in [0.1, 0.15) is 12.6 Å². The fourth-order valence-corrected chi connectivity index (χ4v) is 2.46. The largest absolute Gasteiger partial charge is 0.469 e. The van der Waals surface area contributed by atoms with E-state index in [4.69, 9.17) is 22.7 Å². The second-order valence-electron chi connectivity index (χ2n) is 4.76. The van der Waals surface area contributed by atoms with Crippen molar-refractivity contribution in [3.8, 4) is 0 Å². The molecule has 2 N–H and O–H groups in total. The van der Waals surface area contributed by atoms with Crippen LogP contribution >= 0.6 is 12.2 Å². The molecule has 1 saturated heterocycles. The number of nitrogens with two attached hydrogens (primary N) is 1. The van der Waals surface area contributed by atoms with Gasteiger partial charge in [0, 0.05) is 13.1 Å². The fourth-order valence-electron chi connectivity index (χ4n) is 2.35. The van der Waals surface area contributed by atoms with E-state index in [2.05, 4.69) is 9.88 Å². The van der Waals surface area contributed by atoms with Crippen molar-refractivity contribution in [2.45, 2.75) is 6.92 Å². The lowest BCUT2D eigenvalue weighted by Crippen LogP contribution is -2.25. The monoisotopic (exact) mass is 279 g/mol. The van der Waals surface area contributed by atoms with Crippen LogP contribution in [-0.2, 0) is 9.53 Å². The van der Waals surface area contributed by atoms with Gasteiger partial charge >= 0.3 is 5.97 Å². The van der Waals surface area contributed by atoms with Crippen molar-refractivity contribution in [1.82, 2.24) is 4.98 Å². The van der Waals surface area contributed by atoms with Gasteiger partial charge in [-0.05, 0) is 18.1 Å². The van der Waals surface area contributed by atoms with Crippen molar-refractivity contribution in [1.29, 1.82) is 0 Å². The summed E-state index contributed by atoms with van der Waals surface area (Å²) in [5, 5.41) is 0. The quantitative estimate of drug-likeness (QED) is 0.656. The van der Waals surface area contributed by atoms with Gasteiger partial charge in [-0.3, -0.25) is 4.79 Å². The molecule has 0 bridgehead atoms. The van der Waals surface area contributed by atoms with Gasteiger partial charge < -0.3 is 15.4 Å². The fraction of sp³-hybridized carbons (Fsp3) is 0.462. The molecular formula is C13H17N3O2S. The molecule has 1 aliphatic heterocycles. The highest BCUT2D eigenvalue weighted by Crippen LogP contribution is 2.27. The van der Waals surface area contributed by atoms with E-state index in [1.807, 2.05) is 19.1 Å². The van der Waals surface area contributed by atoms with Crippen LogP contribution in [0.4, 0.5) is 5.82 Å². The molecule has 2 unspecified atom stereocenters. The van der Waals surface area contributed by atoms with Gasteiger partial charge in [-0.15, -0.1) is 0 Å². The molecule has 0 saturated carbocycles. The first-order chi connectivity index (χ1) is 9.02. The molecule has 102 valence electrons. The molecule has 6 heteroatoms. The molecule has 1 aromatic rings. The molecule has 0 aromatic carbocycles. The third-order valence-electron chi connectivity index (χ3n) is 3.43. The summed E-state index contributed by atoms with van der Waals surface area (Å²) >= 11 is 4.93. The van der Waals surface area contributed by atoms with Crippen LogP contribution in [0.3, 0.4) is 0 Å². The zero-order chi connectivity index (χ0) is 14.0.